The fourth-order valence-electron chi connectivity index (χ4n) is 5.63. The number of carbonyl (C=O) groups is 1. The summed E-state index contributed by atoms with van der Waals surface area (Å²) in [5.74, 6) is 1.53. The van der Waals surface area contributed by atoms with Gasteiger partial charge < -0.3 is 28.9 Å². The van der Waals surface area contributed by atoms with E-state index in [2.05, 4.69) is 46.0 Å². The van der Waals surface area contributed by atoms with Gasteiger partial charge in [-0.15, -0.1) is 0 Å². The molecule has 1 spiro atoms. The van der Waals surface area contributed by atoms with Crippen LogP contribution in [-0.4, -0.2) is 80.5 Å². The molecule has 3 fully saturated rings. The Morgan fingerprint density at radius 1 is 1.08 bits per heavy atom. The highest BCUT2D eigenvalue weighted by atomic mass is 16.5. The number of carbonyl (C=O) groups excluding carboxylic acids is 1. The van der Waals surface area contributed by atoms with E-state index in [1.165, 1.54) is 25.1 Å². The Balaban J connectivity index is 1.12. The minimum absolute atomic E-state index is 0.0383. The van der Waals surface area contributed by atoms with E-state index in [9.17, 15) is 4.79 Å². The zero-order chi connectivity index (χ0) is 25.0. The molecule has 3 aliphatic rings. The Kier molecular flexibility index (Phi) is 7.62. The van der Waals surface area contributed by atoms with Crippen molar-refractivity contribution in [3.05, 3.63) is 42.7 Å². The number of anilines is 2. The molecule has 8 heteroatoms. The van der Waals surface area contributed by atoms with Gasteiger partial charge in [0.1, 0.15) is 18.1 Å². The number of hydrogen-bond donors (Lipinski definition) is 0. The van der Waals surface area contributed by atoms with Crippen LogP contribution in [-0.2, 0) is 9.53 Å². The SMILES string of the molecule is COc1cncc(N2CC3(CCN(c4ccc(OCCCN5CCC[C@H]5C)cc4)CC3)OCC2=O)c1. The van der Waals surface area contributed by atoms with E-state index in [-0.39, 0.29) is 18.1 Å². The van der Waals surface area contributed by atoms with Crippen LogP contribution in [0.25, 0.3) is 0 Å². The quantitative estimate of drug-likeness (QED) is 0.518. The summed E-state index contributed by atoms with van der Waals surface area (Å²) < 4.78 is 17.4. The summed E-state index contributed by atoms with van der Waals surface area (Å²) in [6.45, 7) is 7.82. The molecule has 0 N–H and O–H groups in total. The average Bonchev–Trinajstić information content (AvgIpc) is 3.33. The number of amides is 1. The normalized spacial score (nSPS) is 22.3. The van der Waals surface area contributed by atoms with Crippen molar-refractivity contribution in [1.82, 2.24) is 9.88 Å². The van der Waals surface area contributed by atoms with Gasteiger partial charge >= 0.3 is 0 Å². The second-order valence-electron chi connectivity index (χ2n) is 10.2. The van der Waals surface area contributed by atoms with E-state index in [1.54, 1.807) is 24.4 Å². The predicted octanol–water partition coefficient (Wildman–Crippen LogP) is 3.75. The molecule has 1 aromatic heterocycles. The third kappa shape index (κ3) is 5.60. The Bertz CT molecular complexity index is 1020. The zero-order valence-electron chi connectivity index (χ0n) is 21.5. The van der Waals surface area contributed by atoms with E-state index >= 15 is 0 Å². The summed E-state index contributed by atoms with van der Waals surface area (Å²) in [7, 11) is 1.60. The van der Waals surface area contributed by atoms with Gasteiger partial charge in [-0.2, -0.15) is 0 Å². The van der Waals surface area contributed by atoms with Crippen molar-refractivity contribution < 1.29 is 19.0 Å². The Hall–Kier alpha value is -2.84. The summed E-state index contributed by atoms with van der Waals surface area (Å²) >= 11 is 0. The second-order valence-corrected chi connectivity index (χ2v) is 10.2. The molecule has 1 aromatic carbocycles. The van der Waals surface area contributed by atoms with E-state index < -0.39 is 0 Å². The van der Waals surface area contributed by atoms with Crippen LogP contribution < -0.4 is 19.3 Å². The second kappa shape index (κ2) is 11.0. The highest BCUT2D eigenvalue weighted by Gasteiger charge is 2.43. The molecule has 5 rings (SSSR count). The van der Waals surface area contributed by atoms with Gasteiger partial charge in [0.15, 0.2) is 0 Å². The summed E-state index contributed by atoms with van der Waals surface area (Å²) in [5.41, 5.74) is 1.63. The van der Waals surface area contributed by atoms with Crippen molar-refractivity contribution in [2.75, 3.05) is 62.8 Å². The molecule has 3 aliphatic heterocycles. The van der Waals surface area contributed by atoms with Crippen molar-refractivity contribution in [3.63, 3.8) is 0 Å². The first kappa shape index (κ1) is 24.8. The smallest absolute Gasteiger partial charge is 0.253 e. The van der Waals surface area contributed by atoms with Gasteiger partial charge in [0.25, 0.3) is 5.91 Å². The molecule has 4 heterocycles. The monoisotopic (exact) mass is 494 g/mol. The van der Waals surface area contributed by atoms with Crippen molar-refractivity contribution in [1.29, 1.82) is 0 Å². The maximum absolute atomic E-state index is 12.6. The number of nitrogens with zero attached hydrogens (tertiary/aromatic N) is 4. The third-order valence-corrected chi connectivity index (χ3v) is 7.92. The van der Waals surface area contributed by atoms with Gasteiger partial charge in [-0.25, -0.2) is 0 Å². The molecule has 8 nitrogen and oxygen atoms in total. The van der Waals surface area contributed by atoms with Crippen molar-refractivity contribution in [3.8, 4) is 11.5 Å². The molecule has 0 saturated carbocycles. The molecule has 1 atom stereocenters. The number of hydrogen-bond acceptors (Lipinski definition) is 7. The Morgan fingerprint density at radius 3 is 2.61 bits per heavy atom. The predicted molar refractivity (Wildman–Crippen MR) is 140 cm³/mol. The fourth-order valence-corrected chi connectivity index (χ4v) is 5.63. The van der Waals surface area contributed by atoms with Crippen LogP contribution in [0, 0.1) is 0 Å². The average molecular weight is 495 g/mol. The molecule has 0 bridgehead atoms. The van der Waals surface area contributed by atoms with E-state index in [1.807, 2.05) is 6.07 Å². The lowest BCUT2D eigenvalue weighted by molar-refractivity contribution is -0.141. The molecular weight excluding hydrogens is 456 g/mol. The van der Waals surface area contributed by atoms with Crippen LogP contribution >= 0.6 is 0 Å². The number of morpholine rings is 1. The zero-order valence-corrected chi connectivity index (χ0v) is 21.5. The van der Waals surface area contributed by atoms with Crippen LogP contribution in [0.15, 0.2) is 42.7 Å². The van der Waals surface area contributed by atoms with Crippen molar-refractivity contribution >= 4 is 17.3 Å². The van der Waals surface area contributed by atoms with Crippen LogP contribution in [0.5, 0.6) is 11.5 Å². The van der Waals surface area contributed by atoms with Gasteiger partial charge in [0, 0.05) is 37.4 Å². The van der Waals surface area contributed by atoms with Gasteiger partial charge in [0.2, 0.25) is 0 Å². The molecule has 0 unspecified atom stereocenters. The van der Waals surface area contributed by atoms with E-state index in [4.69, 9.17) is 14.2 Å². The molecule has 3 saturated heterocycles. The Morgan fingerprint density at radius 2 is 1.89 bits per heavy atom. The standard InChI is InChI=1S/C28H38N4O4/c1-22-5-3-12-30(22)13-4-16-35-25-8-6-23(7-9-25)31-14-10-28(11-15-31)21-32(27(33)20-36-28)24-17-26(34-2)19-29-18-24/h6-9,17-19,22H,3-5,10-16,20-21H2,1-2H3/t22-/m1/s1. The maximum Gasteiger partial charge on any atom is 0.253 e. The number of rotatable bonds is 8. The summed E-state index contributed by atoms with van der Waals surface area (Å²) in [4.78, 5) is 23.6. The number of pyridine rings is 1. The maximum atomic E-state index is 12.6. The first-order valence-electron chi connectivity index (χ1n) is 13.2. The largest absolute Gasteiger partial charge is 0.495 e. The lowest BCUT2D eigenvalue weighted by Crippen LogP contribution is -2.59. The molecule has 36 heavy (non-hydrogen) atoms. The lowest BCUT2D eigenvalue weighted by atomic mass is 9.88. The molecule has 194 valence electrons. The molecule has 0 radical (unpaired) electrons. The van der Waals surface area contributed by atoms with Crippen molar-refractivity contribution in [2.24, 2.45) is 0 Å². The van der Waals surface area contributed by atoms with Gasteiger partial charge in [0.05, 0.1) is 43.9 Å². The summed E-state index contributed by atoms with van der Waals surface area (Å²) in [6.07, 6.45) is 8.79. The van der Waals surface area contributed by atoms with Gasteiger partial charge in [-0.05, 0) is 69.8 Å². The molecule has 1 amide bonds. The van der Waals surface area contributed by atoms with Crippen LogP contribution in [0.2, 0.25) is 0 Å². The fraction of sp³-hybridized carbons (Fsp3) is 0.571. The number of piperidine rings is 1. The van der Waals surface area contributed by atoms with Crippen LogP contribution in [0.3, 0.4) is 0 Å². The topological polar surface area (TPSA) is 67.4 Å². The van der Waals surface area contributed by atoms with E-state index in [0.29, 0.717) is 12.3 Å². The minimum atomic E-state index is -0.330. The summed E-state index contributed by atoms with van der Waals surface area (Å²) in [5, 5.41) is 0. The lowest BCUT2D eigenvalue weighted by Gasteiger charge is -2.47. The first-order valence-corrected chi connectivity index (χ1v) is 13.2. The van der Waals surface area contributed by atoms with E-state index in [0.717, 1.165) is 63.0 Å². The van der Waals surface area contributed by atoms with Crippen LogP contribution in [0.1, 0.15) is 39.0 Å². The number of likely N-dealkylation sites (tertiary alicyclic amines) is 1. The highest BCUT2D eigenvalue weighted by molar-refractivity contribution is 5.95. The number of ether oxygens (including phenoxy) is 3. The number of methoxy groups -OCH3 is 1. The number of benzene rings is 1. The van der Waals surface area contributed by atoms with Crippen LogP contribution in [0.4, 0.5) is 11.4 Å². The Labute approximate surface area is 214 Å². The van der Waals surface area contributed by atoms with Gasteiger partial charge in [-0.1, -0.05) is 0 Å². The third-order valence-electron chi connectivity index (χ3n) is 7.92. The number of aromatic nitrogens is 1. The summed E-state index contributed by atoms with van der Waals surface area (Å²) in [6, 6.07) is 11.0. The van der Waals surface area contributed by atoms with Gasteiger partial charge in [-0.3, -0.25) is 9.78 Å². The van der Waals surface area contributed by atoms with Crippen molar-refractivity contribution in [2.45, 2.75) is 50.7 Å². The molecule has 0 aliphatic carbocycles. The first-order chi connectivity index (χ1) is 17.5. The minimum Gasteiger partial charge on any atom is -0.495 e. The molecule has 2 aromatic rings. The highest BCUT2D eigenvalue weighted by Crippen LogP contribution is 2.35. The molecular formula is C28H38N4O4.